The van der Waals surface area contributed by atoms with Crippen LogP contribution in [-0.4, -0.2) is 41.2 Å². The minimum Gasteiger partial charge on any atom is -0.507 e. The number of likely N-dealkylation sites (tertiary alicyclic amines) is 1. The van der Waals surface area contributed by atoms with Gasteiger partial charge >= 0.3 is 0 Å². The van der Waals surface area contributed by atoms with Crippen molar-refractivity contribution in [2.24, 2.45) is 0 Å². The van der Waals surface area contributed by atoms with Crippen LogP contribution in [0.4, 0.5) is 10.2 Å². The molecule has 2 heterocycles. The maximum atomic E-state index is 13.8. The van der Waals surface area contributed by atoms with Crippen LogP contribution in [0.25, 0.3) is 22.4 Å². The second-order valence-corrected chi connectivity index (χ2v) is 8.19. The predicted octanol–water partition coefficient (Wildman–Crippen LogP) is 5.53. The minimum atomic E-state index is -0.283. The number of phenolic OH excluding ortho intramolecular Hbond substituents is 1. The number of benzene rings is 2. The second-order valence-electron chi connectivity index (χ2n) is 7.27. The fourth-order valence-corrected chi connectivity index (χ4v) is 4.02. The van der Waals surface area contributed by atoms with E-state index in [4.69, 9.17) is 4.98 Å². The van der Waals surface area contributed by atoms with E-state index in [9.17, 15) is 9.50 Å². The first-order valence-electron chi connectivity index (χ1n) is 9.82. The van der Waals surface area contributed by atoms with Gasteiger partial charge in [-0.05, 0) is 79.5 Å². The van der Waals surface area contributed by atoms with E-state index < -0.39 is 0 Å². The van der Waals surface area contributed by atoms with Crippen LogP contribution >= 0.6 is 15.9 Å². The van der Waals surface area contributed by atoms with Crippen molar-refractivity contribution in [3.05, 3.63) is 64.9 Å². The zero-order valence-electron chi connectivity index (χ0n) is 16.0. The summed E-state index contributed by atoms with van der Waals surface area (Å²) in [6.07, 6.45) is 2.53. The number of phenols is 1. The Morgan fingerprint density at radius 3 is 2.66 bits per heavy atom. The third-order valence-electron chi connectivity index (χ3n) is 5.15. The highest BCUT2D eigenvalue weighted by molar-refractivity contribution is 9.10. The Kier molecular flexibility index (Phi) is 6.11. The van der Waals surface area contributed by atoms with Crippen molar-refractivity contribution in [3.63, 3.8) is 0 Å². The highest BCUT2D eigenvalue weighted by Gasteiger charge is 2.13. The van der Waals surface area contributed by atoms with Gasteiger partial charge in [-0.2, -0.15) is 0 Å². The van der Waals surface area contributed by atoms with Gasteiger partial charge in [0, 0.05) is 23.1 Å². The van der Waals surface area contributed by atoms with Gasteiger partial charge in [-0.15, -0.1) is 0 Å². The summed E-state index contributed by atoms with van der Waals surface area (Å²) in [4.78, 5) is 7.15. The predicted molar refractivity (Wildman–Crippen MR) is 119 cm³/mol. The number of hydrogen-bond donors (Lipinski definition) is 2. The first-order valence-corrected chi connectivity index (χ1v) is 10.6. The van der Waals surface area contributed by atoms with Crippen molar-refractivity contribution in [1.82, 2.24) is 9.88 Å². The Morgan fingerprint density at radius 2 is 1.86 bits per heavy atom. The van der Waals surface area contributed by atoms with Gasteiger partial charge < -0.3 is 15.3 Å². The third kappa shape index (κ3) is 4.95. The highest BCUT2D eigenvalue weighted by Crippen LogP contribution is 2.34. The van der Waals surface area contributed by atoms with Gasteiger partial charge in [-0.1, -0.05) is 28.1 Å². The SMILES string of the molecule is Oc1ccc(Br)cc1-c1cc(-c2cccc(F)c2)cc(NCCN2CCCC2)n1. The summed E-state index contributed by atoms with van der Waals surface area (Å²) < 4.78 is 14.6. The molecule has 1 saturated heterocycles. The minimum absolute atomic E-state index is 0.153. The lowest BCUT2D eigenvalue weighted by molar-refractivity contribution is 0.352. The number of nitrogens with one attached hydrogen (secondary N) is 1. The van der Waals surface area contributed by atoms with Gasteiger partial charge in [0.2, 0.25) is 0 Å². The molecule has 1 fully saturated rings. The van der Waals surface area contributed by atoms with Crippen molar-refractivity contribution >= 4 is 21.7 Å². The number of pyridine rings is 1. The van der Waals surface area contributed by atoms with Crippen molar-refractivity contribution < 1.29 is 9.50 Å². The lowest BCUT2D eigenvalue weighted by atomic mass is 10.0. The van der Waals surface area contributed by atoms with Crippen LogP contribution in [0.5, 0.6) is 5.75 Å². The molecular formula is C23H23BrFN3O. The molecule has 3 aromatic rings. The Balaban J connectivity index is 1.67. The van der Waals surface area contributed by atoms with E-state index in [0.29, 0.717) is 17.1 Å². The molecule has 0 bridgehead atoms. The summed E-state index contributed by atoms with van der Waals surface area (Å²) in [6.45, 7) is 4.04. The topological polar surface area (TPSA) is 48.4 Å². The Labute approximate surface area is 178 Å². The van der Waals surface area contributed by atoms with Gasteiger partial charge in [-0.3, -0.25) is 0 Å². The maximum Gasteiger partial charge on any atom is 0.127 e. The third-order valence-corrected chi connectivity index (χ3v) is 5.64. The lowest BCUT2D eigenvalue weighted by Crippen LogP contribution is -2.26. The Hall–Kier alpha value is -2.44. The quantitative estimate of drug-likeness (QED) is 0.512. The van der Waals surface area contributed by atoms with E-state index in [-0.39, 0.29) is 11.6 Å². The molecule has 1 aliphatic heterocycles. The molecule has 0 unspecified atom stereocenters. The summed E-state index contributed by atoms with van der Waals surface area (Å²) in [5.74, 6) is 0.579. The Morgan fingerprint density at radius 1 is 1.03 bits per heavy atom. The average molecular weight is 456 g/mol. The smallest absolute Gasteiger partial charge is 0.127 e. The molecule has 0 spiro atoms. The number of anilines is 1. The van der Waals surface area contributed by atoms with Gasteiger partial charge in [0.05, 0.1) is 5.69 Å². The monoisotopic (exact) mass is 455 g/mol. The van der Waals surface area contributed by atoms with Crippen LogP contribution in [-0.2, 0) is 0 Å². The normalized spacial score (nSPS) is 14.3. The van der Waals surface area contributed by atoms with Gasteiger partial charge in [0.1, 0.15) is 17.4 Å². The summed E-state index contributed by atoms with van der Waals surface area (Å²) in [5.41, 5.74) is 2.87. The van der Waals surface area contributed by atoms with Crippen LogP contribution in [0.15, 0.2) is 59.1 Å². The van der Waals surface area contributed by atoms with E-state index in [1.807, 2.05) is 24.3 Å². The lowest BCUT2D eigenvalue weighted by Gasteiger charge is -2.16. The molecule has 0 amide bonds. The summed E-state index contributed by atoms with van der Waals surface area (Å²) in [6, 6.07) is 15.6. The largest absolute Gasteiger partial charge is 0.507 e. The number of hydrogen-bond acceptors (Lipinski definition) is 4. The number of aromatic hydroxyl groups is 1. The number of halogens is 2. The van der Waals surface area contributed by atoms with Crippen molar-refractivity contribution in [2.75, 3.05) is 31.5 Å². The van der Waals surface area contributed by atoms with Crippen LogP contribution in [0.3, 0.4) is 0 Å². The molecule has 1 aromatic heterocycles. The number of nitrogens with zero attached hydrogens (tertiary/aromatic N) is 2. The first kappa shape index (κ1) is 19.9. The van der Waals surface area contributed by atoms with E-state index in [2.05, 4.69) is 26.1 Å². The van der Waals surface area contributed by atoms with E-state index in [0.717, 1.165) is 41.8 Å². The zero-order chi connectivity index (χ0) is 20.2. The van der Waals surface area contributed by atoms with Gasteiger partial charge in [0.25, 0.3) is 0 Å². The van der Waals surface area contributed by atoms with Crippen molar-refractivity contribution in [3.8, 4) is 28.1 Å². The molecule has 0 radical (unpaired) electrons. The molecule has 29 heavy (non-hydrogen) atoms. The van der Waals surface area contributed by atoms with E-state index in [1.165, 1.54) is 25.0 Å². The fourth-order valence-electron chi connectivity index (χ4n) is 3.66. The van der Waals surface area contributed by atoms with Crippen LogP contribution < -0.4 is 5.32 Å². The molecule has 4 nitrogen and oxygen atoms in total. The average Bonchev–Trinajstić information content (AvgIpc) is 3.23. The molecule has 2 N–H and O–H groups in total. The van der Waals surface area contributed by atoms with Crippen molar-refractivity contribution in [1.29, 1.82) is 0 Å². The number of aromatic nitrogens is 1. The van der Waals surface area contributed by atoms with Crippen LogP contribution in [0.2, 0.25) is 0 Å². The van der Waals surface area contributed by atoms with E-state index >= 15 is 0 Å². The molecule has 1 aliphatic rings. The molecular weight excluding hydrogens is 433 g/mol. The van der Waals surface area contributed by atoms with E-state index in [1.54, 1.807) is 18.2 Å². The highest BCUT2D eigenvalue weighted by atomic mass is 79.9. The molecule has 2 aromatic carbocycles. The fraction of sp³-hybridized carbons (Fsp3) is 0.261. The van der Waals surface area contributed by atoms with Crippen LogP contribution in [0, 0.1) is 5.82 Å². The van der Waals surface area contributed by atoms with Gasteiger partial charge in [-0.25, -0.2) is 9.37 Å². The summed E-state index contributed by atoms with van der Waals surface area (Å²) in [7, 11) is 0. The first-order chi connectivity index (χ1) is 14.1. The Bertz CT molecular complexity index is 1010. The number of rotatable bonds is 6. The maximum absolute atomic E-state index is 13.8. The summed E-state index contributed by atoms with van der Waals surface area (Å²) >= 11 is 3.46. The second kappa shape index (κ2) is 8.93. The molecule has 4 rings (SSSR count). The van der Waals surface area contributed by atoms with Crippen molar-refractivity contribution in [2.45, 2.75) is 12.8 Å². The molecule has 0 saturated carbocycles. The van der Waals surface area contributed by atoms with Gasteiger partial charge in [0.15, 0.2) is 0 Å². The molecule has 0 atom stereocenters. The molecule has 0 aliphatic carbocycles. The zero-order valence-corrected chi connectivity index (χ0v) is 17.6. The molecule has 150 valence electrons. The van der Waals surface area contributed by atoms with Crippen LogP contribution in [0.1, 0.15) is 12.8 Å². The standard InChI is InChI=1S/C23H23BrFN3O/c24-18-6-7-22(29)20(15-18)21-13-17(16-4-3-5-19(25)12-16)14-23(27-21)26-8-11-28-9-1-2-10-28/h3-7,12-15,29H,1-2,8-11H2,(H,26,27). The molecule has 6 heteroatoms. The summed E-state index contributed by atoms with van der Waals surface area (Å²) in [5, 5.41) is 13.8.